The molecule has 80 valence electrons. The Kier molecular flexibility index (Phi) is 3.26. The molecule has 1 rings (SSSR count). The third-order valence-corrected chi connectivity index (χ3v) is 2.22. The Balaban J connectivity index is 2.40. The van der Waals surface area contributed by atoms with E-state index in [-0.39, 0.29) is 6.09 Å². The molecule has 1 heterocycles. The van der Waals surface area contributed by atoms with Gasteiger partial charge in [-0.15, -0.1) is 0 Å². The van der Waals surface area contributed by atoms with Crippen molar-refractivity contribution >= 4 is 6.09 Å². The van der Waals surface area contributed by atoms with E-state index in [2.05, 4.69) is 12.2 Å². The quantitative estimate of drug-likeness (QED) is 0.675. The van der Waals surface area contributed by atoms with Gasteiger partial charge in [0.2, 0.25) is 5.60 Å². The van der Waals surface area contributed by atoms with Crippen LogP contribution in [0, 0.1) is 6.92 Å². The zero-order valence-electron chi connectivity index (χ0n) is 9.17. The molecule has 0 aromatic heterocycles. The number of rotatable bonds is 2. The van der Waals surface area contributed by atoms with E-state index in [0.29, 0.717) is 6.04 Å². The molecule has 1 fully saturated rings. The van der Waals surface area contributed by atoms with E-state index in [1.165, 1.54) is 0 Å². The number of hydrogen-bond acceptors (Lipinski definition) is 3. The van der Waals surface area contributed by atoms with E-state index in [9.17, 15) is 4.79 Å². The fourth-order valence-corrected chi connectivity index (χ4v) is 1.46. The lowest BCUT2D eigenvalue weighted by Crippen LogP contribution is -2.37. The second-order valence-electron chi connectivity index (χ2n) is 4.35. The van der Waals surface area contributed by atoms with E-state index < -0.39 is 5.60 Å². The second-order valence-corrected chi connectivity index (χ2v) is 4.35. The molecule has 0 unspecified atom stereocenters. The van der Waals surface area contributed by atoms with E-state index in [4.69, 9.17) is 4.74 Å². The highest BCUT2D eigenvalue weighted by Crippen LogP contribution is 2.14. The lowest BCUT2D eigenvalue weighted by atomic mass is 10.2. The van der Waals surface area contributed by atoms with Crippen molar-refractivity contribution in [3.05, 3.63) is 6.92 Å². The fraction of sp³-hybridized carbons (Fsp3) is 0.800. The highest BCUT2D eigenvalue weighted by Gasteiger charge is 2.31. The van der Waals surface area contributed by atoms with Gasteiger partial charge < -0.3 is 15.0 Å². The van der Waals surface area contributed by atoms with Gasteiger partial charge in [-0.2, -0.15) is 0 Å². The summed E-state index contributed by atoms with van der Waals surface area (Å²) in [7, 11) is 1.91. The molecular weight excluding hydrogens is 180 g/mol. The lowest BCUT2D eigenvalue weighted by Gasteiger charge is -2.20. The minimum absolute atomic E-state index is 0.261. The summed E-state index contributed by atoms with van der Waals surface area (Å²) in [4.78, 5) is 13.3. The molecule has 0 bridgehead atoms. The van der Waals surface area contributed by atoms with Gasteiger partial charge in [0, 0.05) is 33.0 Å². The second kappa shape index (κ2) is 4.09. The Morgan fingerprint density at radius 1 is 1.64 bits per heavy atom. The molecule has 1 atom stereocenters. The Bertz CT molecular complexity index is 211. The van der Waals surface area contributed by atoms with Gasteiger partial charge >= 0.3 is 6.09 Å². The number of likely N-dealkylation sites (N-methyl/N-ethyl adjacent to an activating group) is 1. The van der Waals surface area contributed by atoms with Crippen molar-refractivity contribution in [2.24, 2.45) is 0 Å². The molecule has 0 radical (unpaired) electrons. The molecular formula is C10H19N2O2+. The van der Waals surface area contributed by atoms with Crippen molar-refractivity contribution in [2.45, 2.75) is 31.9 Å². The number of likely N-dealkylation sites (tertiary alicyclic amines) is 1. The summed E-state index contributed by atoms with van der Waals surface area (Å²) in [6.07, 6.45) is 0.728. The zero-order valence-corrected chi connectivity index (χ0v) is 9.17. The summed E-state index contributed by atoms with van der Waals surface area (Å²) in [6, 6.07) is 0.399. The van der Waals surface area contributed by atoms with Crippen molar-refractivity contribution in [1.82, 2.24) is 10.2 Å². The third-order valence-electron chi connectivity index (χ3n) is 2.22. The van der Waals surface area contributed by atoms with E-state index in [1.807, 2.05) is 7.05 Å². The van der Waals surface area contributed by atoms with E-state index >= 15 is 0 Å². The predicted octanol–water partition coefficient (Wildman–Crippen LogP) is 1.03. The first-order valence-corrected chi connectivity index (χ1v) is 4.93. The van der Waals surface area contributed by atoms with Gasteiger partial charge in [0.25, 0.3) is 0 Å². The normalized spacial score (nSPS) is 22.5. The molecule has 1 aliphatic heterocycles. The van der Waals surface area contributed by atoms with E-state index in [1.54, 1.807) is 18.7 Å². The average molecular weight is 199 g/mol. The maximum atomic E-state index is 11.6. The Labute approximate surface area is 85.6 Å². The number of hydrogen-bond donors (Lipinski definition) is 1. The Morgan fingerprint density at radius 3 is 2.71 bits per heavy atom. The average Bonchev–Trinajstić information content (AvgIpc) is 2.48. The van der Waals surface area contributed by atoms with Crippen molar-refractivity contribution < 1.29 is 9.53 Å². The Hall–Kier alpha value is -0.900. The Morgan fingerprint density at radius 2 is 2.29 bits per heavy atom. The molecule has 1 amide bonds. The SMILES string of the molecule is [CH2+]C(C)(C)OC(=O)N1CC[C@H](NC)C1. The lowest BCUT2D eigenvalue weighted by molar-refractivity contribution is 0.0443. The summed E-state index contributed by atoms with van der Waals surface area (Å²) in [6.45, 7) is 8.78. The van der Waals surface area contributed by atoms with E-state index in [0.717, 1.165) is 19.5 Å². The predicted molar refractivity (Wildman–Crippen MR) is 55.0 cm³/mol. The molecule has 1 saturated heterocycles. The van der Waals surface area contributed by atoms with Crippen LogP contribution in [0.3, 0.4) is 0 Å². The van der Waals surface area contributed by atoms with Crippen LogP contribution in [-0.2, 0) is 4.74 Å². The van der Waals surface area contributed by atoms with Crippen LogP contribution in [0.1, 0.15) is 20.3 Å². The topological polar surface area (TPSA) is 41.6 Å². The molecule has 0 saturated carbocycles. The molecule has 1 aliphatic rings. The van der Waals surface area contributed by atoms with Gasteiger partial charge in [-0.3, -0.25) is 0 Å². The molecule has 0 aliphatic carbocycles. The third kappa shape index (κ3) is 3.10. The summed E-state index contributed by atoms with van der Waals surface area (Å²) in [5.41, 5.74) is -0.644. The number of carbonyl (C=O) groups excluding carboxylic acids is 1. The number of amides is 1. The van der Waals surface area contributed by atoms with Crippen LogP contribution in [0.5, 0.6) is 0 Å². The molecule has 14 heavy (non-hydrogen) atoms. The highest BCUT2D eigenvalue weighted by molar-refractivity contribution is 5.68. The summed E-state index contributed by atoms with van der Waals surface area (Å²) >= 11 is 0. The van der Waals surface area contributed by atoms with Crippen LogP contribution in [0.4, 0.5) is 4.79 Å². The minimum atomic E-state index is -0.644. The number of nitrogens with one attached hydrogen (secondary N) is 1. The van der Waals surface area contributed by atoms with Crippen molar-refractivity contribution in [3.63, 3.8) is 0 Å². The first-order chi connectivity index (χ1) is 6.42. The first kappa shape index (κ1) is 11.2. The van der Waals surface area contributed by atoms with Crippen LogP contribution in [-0.4, -0.2) is 42.8 Å². The van der Waals surface area contributed by atoms with Crippen LogP contribution in [0.15, 0.2) is 0 Å². The monoisotopic (exact) mass is 199 g/mol. The van der Waals surface area contributed by atoms with Gasteiger partial charge in [-0.05, 0) is 13.5 Å². The van der Waals surface area contributed by atoms with Crippen molar-refractivity contribution in [1.29, 1.82) is 0 Å². The largest absolute Gasteiger partial charge is 0.413 e. The van der Waals surface area contributed by atoms with Crippen molar-refractivity contribution in [2.75, 3.05) is 20.1 Å². The van der Waals surface area contributed by atoms with Gasteiger partial charge in [0.15, 0.2) is 0 Å². The number of ether oxygens (including phenoxy) is 1. The molecule has 1 N–H and O–H groups in total. The van der Waals surface area contributed by atoms with Crippen LogP contribution >= 0.6 is 0 Å². The zero-order chi connectivity index (χ0) is 10.8. The highest BCUT2D eigenvalue weighted by atomic mass is 16.6. The number of carbonyl (C=O) groups is 1. The fourth-order valence-electron chi connectivity index (χ4n) is 1.46. The number of nitrogens with zero attached hydrogens (tertiary/aromatic N) is 1. The summed E-state index contributed by atoms with van der Waals surface area (Å²) in [5.74, 6) is 0. The van der Waals surface area contributed by atoms with Gasteiger partial charge in [0.1, 0.15) is 6.92 Å². The van der Waals surface area contributed by atoms with Crippen LogP contribution in [0.2, 0.25) is 0 Å². The standard InChI is InChI=1S/C10H19N2O2/c1-10(2,3)14-9(13)12-6-5-8(7-12)11-4/h8,11H,1,5-7H2,2-4H3/q+1/t8-/m0/s1. The van der Waals surface area contributed by atoms with Crippen LogP contribution in [0.25, 0.3) is 0 Å². The molecule has 0 aromatic carbocycles. The molecule has 4 heteroatoms. The molecule has 0 spiro atoms. The maximum absolute atomic E-state index is 11.6. The van der Waals surface area contributed by atoms with Gasteiger partial charge in [-0.1, -0.05) is 0 Å². The molecule has 4 nitrogen and oxygen atoms in total. The molecule has 0 aromatic rings. The summed E-state index contributed by atoms with van der Waals surface area (Å²) in [5, 5.41) is 3.15. The van der Waals surface area contributed by atoms with Crippen molar-refractivity contribution in [3.8, 4) is 0 Å². The summed E-state index contributed by atoms with van der Waals surface area (Å²) < 4.78 is 5.16. The van der Waals surface area contributed by atoms with Crippen LogP contribution < -0.4 is 5.32 Å². The van der Waals surface area contributed by atoms with Gasteiger partial charge in [0.05, 0.1) is 0 Å². The maximum Gasteiger partial charge on any atom is 0.413 e. The smallest absolute Gasteiger partial charge is 0.403 e. The minimum Gasteiger partial charge on any atom is -0.403 e. The first-order valence-electron chi connectivity index (χ1n) is 4.93. The van der Waals surface area contributed by atoms with Gasteiger partial charge in [-0.25, -0.2) is 4.79 Å².